The number of rotatable bonds is 4. The van der Waals surface area contributed by atoms with E-state index in [0.717, 1.165) is 11.3 Å². The molecule has 1 aromatic rings. The van der Waals surface area contributed by atoms with E-state index < -0.39 is 40.5 Å². The van der Waals surface area contributed by atoms with Gasteiger partial charge in [0.2, 0.25) is 10.0 Å². The first kappa shape index (κ1) is 18.4. The number of sulfonamides is 1. The lowest BCUT2D eigenvalue weighted by Crippen LogP contribution is -2.59. The Bertz CT molecular complexity index is 617. The number of hydrogen-bond donors (Lipinski definition) is 4. The second kappa shape index (κ2) is 6.88. The quantitative estimate of drug-likeness (QED) is 0.582. The van der Waals surface area contributed by atoms with Gasteiger partial charge in [0.15, 0.2) is 0 Å². The maximum absolute atomic E-state index is 12.1. The van der Waals surface area contributed by atoms with Gasteiger partial charge in [-0.1, -0.05) is 23.2 Å². The van der Waals surface area contributed by atoms with E-state index in [1.807, 2.05) is 0 Å². The van der Waals surface area contributed by atoms with Gasteiger partial charge < -0.3 is 20.1 Å². The zero-order valence-electron chi connectivity index (χ0n) is 11.3. The van der Waals surface area contributed by atoms with Crippen LogP contribution in [0.4, 0.5) is 0 Å². The molecule has 0 unspecified atom stereocenters. The normalized spacial score (nSPS) is 33.1. The summed E-state index contributed by atoms with van der Waals surface area (Å²) in [6.07, 6.45) is -5.79. The predicted molar refractivity (Wildman–Crippen MR) is 81.9 cm³/mol. The van der Waals surface area contributed by atoms with Gasteiger partial charge in [-0.2, -0.15) is 0 Å². The molecule has 126 valence electrons. The Kier molecular flexibility index (Phi) is 5.74. The first-order valence-corrected chi connectivity index (χ1v) is 9.33. The van der Waals surface area contributed by atoms with Crippen LogP contribution in [0.5, 0.6) is 0 Å². The molecule has 4 N–H and O–H groups in total. The van der Waals surface area contributed by atoms with Crippen molar-refractivity contribution in [3.05, 3.63) is 15.4 Å². The van der Waals surface area contributed by atoms with Crippen molar-refractivity contribution in [3.8, 4) is 0 Å². The lowest BCUT2D eigenvalue weighted by Gasteiger charge is -2.39. The van der Waals surface area contributed by atoms with Crippen molar-refractivity contribution in [1.82, 2.24) is 4.72 Å². The molecule has 0 aliphatic carbocycles. The number of ether oxygens (including phenoxy) is 1. The summed E-state index contributed by atoms with van der Waals surface area (Å²) in [6, 6.07) is 1.22. The van der Waals surface area contributed by atoms with E-state index in [2.05, 4.69) is 4.72 Å². The van der Waals surface area contributed by atoms with Crippen molar-refractivity contribution < 1.29 is 28.5 Å². The topological polar surface area (TPSA) is 116 Å². The number of thiophene rings is 1. The molecule has 2 rings (SSSR count). The fourth-order valence-corrected chi connectivity index (χ4v) is 5.00. The average Bonchev–Trinajstić information content (AvgIpc) is 2.80. The summed E-state index contributed by atoms with van der Waals surface area (Å²) in [7, 11) is -3.87. The highest BCUT2D eigenvalue weighted by atomic mass is 35.5. The average molecular weight is 392 g/mol. The van der Waals surface area contributed by atoms with E-state index in [0.29, 0.717) is 0 Å². The molecule has 1 saturated heterocycles. The molecular formula is C11H15Cl2NO6S2. The van der Waals surface area contributed by atoms with Gasteiger partial charge in [0.1, 0.15) is 33.0 Å². The fraction of sp³-hybridized carbons (Fsp3) is 0.636. The highest BCUT2D eigenvalue weighted by Crippen LogP contribution is 2.34. The van der Waals surface area contributed by atoms with Gasteiger partial charge in [-0.05, 0) is 13.0 Å². The van der Waals surface area contributed by atoms with Gasteiger partial charge in [-0.25, -0.2) is 13.1 Å². The van der Waals surface area contributed by atoms with Gasteiger partial charge in [0, 0.05) is 6.54 Å². The molecule has 0 radical (unpaired) electrons. The molecule has 0 aromatic carbocycles. The van der Waals surface area contributed by atoms with E-state index in [-0.39, 0.29) is 20.1 Å². The first-order chi connectivity index (χ1) is 10.1. The molecule has 11 heteroatoms. The highest BCUT2D eigenvalue weighted by Gasteiger charge is 2.42. The summed E-state index contributed by atoms with van der Waals surface area (Å²) in [4.78, 5) is 0. The van der Waals surface area contributed by atoms with Crippen molar-refractivity contribution in [2.45, 2.75) is 41.7 Å². The summed E-state index contributed by atoms with van der Waals surface area (Å²) >= 11 is 12.3. The molecule has 0 bridgehead atoms. The van der Waals surface area contributed by atoms with Crippen molar-refractivity contribution in [2.75, 3.05) is 6.54 Å². The number of nitrogens with one attached hydrogen (secondary N) is 1. The smallest absolute Gasteiger partial charge is 0.250 e. The third kappa shape index (κ3) is 3.74. The van der Waals surface area contributed by atoms with Crippen LogP contribution in [0.3, 0.4) is 0 Å². The molecule has 0 amide bonds. The molecule has 2 heterocycles. The van der Waals surface area contributed by atoms with Crippen molar-refractivity contribution in [2.24, 2.45) is 0 Å². The van der Waals surface area contributed by atoms with Crippen LogP contribution in [0.25, 0.3) is 0 Å². The molecule has 1 aliphatic rings. The molecule has 5 atom stereocenters. The van der Waals surface area contributed by atoms with Crippen LogP contribution in [0.1, 0.15) is 6.92 Å². The van der Waals surface area contributed by atoms with Crippen molar-refractivity contribution in [3.63, 3.8) is 0 Å². The minimum atomic E-state index is -3.87. The summed E-state index contributed by atoms with van der Waals surface area (Å²) in [5, 5.41) is 29.2. The predicted octanol–water partition coefficient (Wildman–Crippen LogP) is 0.203. The van der Waals surface area contributed by atoms with Crippen LogP contribution in [-0.2, 0) is 14.8 Å². The molecule has 1 aromatic heterocycles. The maximum atomic E-state index is 12.1. The van der Waals surface area contributed by atoms with E-state index >= 15 is 0 Å². The van der Waals surface area contributed by atoms with E-state index in [9.17, 15) is 23.7 Å². The Morgan fingerprint density at radius 1 is 1.27 bits per heavy atom. The number of halogens is 2. The minimum Gasteiger partial charge on any atom is -0.388 e. The fourth-order valence-electron chi connectivity index (χ4n) is 2.03. The van der Waals surface area contributed by atoms with Crippen LogP contribution in [0, 0.1) is 0 Å². The summed E-state index contributed by atoms with van der Waals surface area (Å²) in [5.41, 5.74) is 0. The molecule has 1 fully saturated rings. The minimum absolute atomic E-state index is 0.0681. The third-order valence-electron chi connectivity index (χ3n) is 3.31. The molecular weight excluding hydrogens is 377 g/mol. The van der Waals surface area contributed by atoms with Gasteiger partial charge in [0.25, 0.3) is 0 Å². The van der Waals surface area contributed by atoms with Crippen LogP contribution in [0.2, 0.25) is 9.36 Å². The molecule has 1 aliphatic heterocycles. The van der Waals surface area contributed by atoms with Crippen LogP contribution < -0.4 is 4.72 Å². The monoisotopic (exact) mass is 391 g/mol. The van der Waals surface area contributed by atoms with Gasteiger partial charge in [-0.3, -0.25) is 0 Å². The summed E-state index contributed by atoms with van der Waals surface area (Å²) < 4.78 is 31.9. The second-order valence-electron chi connectivity index (χ2n) is 4.89. The standard InChI is InChI=1S/C11H15Cl2NO6S2/c1-4-8(15)10(17)9(16)6(20-4)3-14-22(18,19)7-2-5(12)11(13)21-7/h2,4,6,8-10,14-17H,3H2,1H3/t4-,6+,8+,9+,10+/m0/s1. The number of aliphatic hydroxyl groups is 3. The Morgan fingerprint density at radius 3 is 2.45 bits per heavy atom. The van der Waals surface area contributed by atoms with E-state index in [4.69, 9.17) is 27.9 Å². The number of aliphatic hydroxyl groups excluding tert-OH is 3. The second-order valence-corrected chi connectivity index (χ2v) is 8.95. The number of hydrogen-bond acceptors (Lipinski definition) is 7. The van der Waals surface area contributed by atoms with Crippen LogP contribution in [-0.4, -0.2) is 60.8 Å². The Hall–Kier alpha value is 0.0300. The van der Waals surface area contributed by atoms with Gasteiger partial charge >= 0.3 is 0 Å². The molecule has 7 nitrogen and oxygen atoms in total. The zero-order valence-corrected chi connectivity index (χ0v) is 14.5. The maximum Gasteiger partial charge on any atom is 0.250 e. The Balaban J connectivity index is 2.05. The van der Waals surface area contributed by atoms with Crippen LogP contribution in [0.15, 0.2) is 10.3 Å². The summed E-state index contributed by atoms with van der Waals surface area (Å²) in [5.74, 6) is 0. The molecule has 0 spiro atoms. The van der Waals surface area contributed by atoms with Crippen molar-refractivity contribution >= 4 is 44.6 Å². The highest BCUT2D eigenvalue weighted by molar-refractivity contribution is 7.91. The lowest BCUT2D eigenvalue weighted by atomic mass is 9.96. The largest absolute Gasteiger partial charge is 0.388 e. The van der Waals surface area contributed by atoms with Gasteiger partial charge in [0.05, 0.1) is 11.1 Å². The third-order valence-corrected chi connectivity index (χ3v) is 7.08. The Morgan fingerprint density at radius 2 is 1.91 bits per heavy atom. The summed E-state index contributed by atoms with van der Waals surface area (Å²) in [6.45, 7) is 1.24. The van der Waals surface area contributed by atoms with Crippen molar-refractivity contribution in [1.29, 1.82) is 0 Å². The van der Waals surface area contributed by atoms with Gasteiger partial charge in [-0.15, -0.1) is 11.3 Å². The molecule has 0 saturated carbocycles. The zero-order chi connectivity index (χ0) is 16.7. The lowest BCUT2D eigenvalue weighted by molar-refractivity contribution is -0.214. The van der Waals surface area contributed by atoms with E-state index in [1.165, 1.54) is 13.0 Å². The molecule has 22 heavy (non-hydrogen) atoms. The Labute approximate surface area is 141 Å². The van der Waals surface area contributed by atoms with Crippen LogP contribution >= 0.6 is 34.5 Å². The van der Waals surface area contributed by atoms with E-state index in [1.54, 1.807) is 0 Å². The SMILES string of the molecule is C[C@@H]1O[C@H](CNS(=O)(=O)c2cc(Cl)c(Cl)s2)[C@@H](O)[C@H](O)[C@@H]1O. The first-order valence-electron chi connectivity index (χ1n) is 6.27.